The van der Waals surface area contributed by atoms with E-state index in [9.17, 15) is 4.79 Å². The number of rotatable bonds is 6. The Hall–Kier alpha value is -1.40. The maximum absolute atomic E-state index is 12.6. The summed E-state index contributed by atoms with van der Waals surface area (Å²) in [7, 11) is 0. The number of amides is 1. The van der Waals surface area contributed by atoms with E-state index >= 15 is 0 Å². The van der Waals surface area contributed by atoms with Gasteiger partial charge in [-0.2, -0.15) is 0 Å². The van der Waals surface area contributed by atoms with Gasteiger partial charge in [-0.15, -0.1) is 10.2 Å². The maximum Gasteiger partial charge on any atom is 0.237 e. The van der Waals surface area contributed by atoms with Crippen molar-refractivity contribution in [3.63, 3.8) is 0 Å². The van der Waals surface area contributed by atoms with Crippen LogP contribution in [0.15, 0.2) is 22.5 Å². The van der Waals surface area contributed by atoms with E-state index in [1.807, 2.05) is 32.9 Å². The lowest BCUT2D eigenvalue weighted by Crippen LogP contribution is -2.25. The van der Waals surface area contributed by atoms with Gasteiger partial charge in [-0.05, 0) is 37.8 Å². The summed E-state index contributed by atoms with van der Waals surface area (Å²) in [6, 6.07) is 6.11. The zero-order valence-electron chi connectivity index (χ0n) is 13.3. The minimum atomic E-state index is -0.156. The van der Waals surface area contributed by atoms with E-state index in [0.717, 1.165) is 33.4 Å². The third kappa shape index (κ3) is 4.08. The molecule has 0 saturated heterocycles. The number of hydrogen-bond acceptors (Lipinski definition) is 5. The smallest absolute Gasteiger partial charge is 0.237 e. The molecule has 1 unspecified atom stereocenters. The van der Waals surface area contributed by atoms with E-state index in [4.69, 9.17) is 0 Å². The number of aryl methyl sites for hydroxylation is 3. The number of para-hydroxylation sites is 1. The van der Waals surface area contributed by atoms with Crippen molar-refractivity contribution in [3.05, 3.63) is 34.3 Å². The Balaban J connectivity index is 2.13. The van der Waals surface area contributed by atoms with Crippen LogP contribution in [0.3, 0.4) is 0 Å². The van der Waals surface area contributed by atoms with E-state index in [-0.39, 0.29) is 11.2 Å². The van der Waals surface area contributed by atoms with Gasteiger partial charge in [-0.25, -0.2) is 0 Å². The molecular formula is C16H21N3OS2. The van der Waals surface area contributed by atoms with Gasteiger partial charge in [0.2, 0.25) is 5.91 Å². The van der Waals surface area contributed by atoms with Crippen LogP contribution in [-0.4, -0.2) is 21.4 Å². The molecule has 2 rings (SSSR count). The molecule has 1 amide bonds. The van der Waals surface area contributed by atoms with Crippen LogP contribution in [0.5, 0.6) is 0 Å². The predicted molar refractivity (Wildman–Crippen MR) is 93.8 cm³/mol. The van der Waals surface area contributed by atoms with E-state index in [1.54, 1.807) is 0 Å². The third-order valence-corrected chi connectivity index (χ3v) is 5.69. The summed E-state index contributed by atoms with van der Waals surface area (Å²) in [6.45, 7) is 8.06. The fourth-order valence-electron chi connectivity index (χ4n) is 2.18. The molecule has 0 aliphatic carbocycles. The zero-order chi connectivity index (χ0) is 16.1. The summed E-state index contributed by atoms with van der Waals surface area (Å²) in [5, 5.41) is 12.0. The Morgan fingerprint density at radius 2 is 2.09 bits per heavy atom. The molecule has 6 heteroatoms. The van der Waals surface area contributed by atoms with Gasteiger partial charge < -0.3 is 5.32 Å². The molecule has 0 radical (unpaired) electrons. The molecule has 0 spiro atoms. The van der Waals surface area contributed by atoms with Gasteiger partial charge >= 0.3 is 0 Å². The van der Waals surface area contributed by atoms with E-state index in [2.05, 4.69) is 28.5 Å². The van der Waals surface area contributed by atoms with Gasteiger partial charge in [0.25, 0.3) is 0 Å². The van der Waals surface area contributed by atoms with Crippen molar-refractivity contribution in [2.24, 2.45) is 0 Å². The molecule has 1 aromatic carbocycles. The van der Waals surface area contributed by atoms with Crippen LogP contribution in [-0.2, 0) is 11.2 Å². The number of nitrogens with zero attached hydrogens (tertiary/aromatic N) is 2. The number of benzene rings is 1. The second kappa shape index (κ2) is 7.74. The lowest BCUT2D eigenvalue weighted by Gasteiger charge is -2.17. The SMILES string of the molecule is CCc1cccc(C)c1NC(=O)C(CC)Sc1nnc(C)s1. The molecule has 1 atom stereocenters. The summed E-state index contributed by atoms with van der Waals surface area (Å²) in [5.41, 5.74) is 3.21. The van der Waals surface area contributed by atoms with Gasteiger partial charge in [0.05, 0.1) is 5.25 Å². The minimum Gasteiger partial charge on any atom is -0.325 e. The Kier molecular flexibility index (Phi) is 5.97. The number of hydrogen-bond donors (Lipinski definition) is 1. The van der Waals surface area contributed by atoms with Crippen LogP contribution in [0.4, 0.5) is 5.69 Å². The second-order valence-corrected chi connectivity index (χ2v) is 7.69. The van der Waals surface area contributed by atoms with Crippen LogP contribution in [0, 0.1) is 13.8 Å². The largest absolute Gasteiger partial charge is 0.325 e. The number of aromatic nitrogens is 2. The standard InChI is InChI=1S/C16H21N3OS2/c1-5-12-9-7-8-10(3)14(12)17-15(20)13(6-2)22-16-19-18-11(4)21-16/h7-9,13H,5-6H2,1-4H3,(H,17,20). The van der Waals surface area contributed by atoms with Crippen molar-refractivity contribution in [2.45, 2.75) is 50.1 Å². The van der Waals surface area contributed by atoms with E-state index in [1.165, 1.54) is 28.7 Å². The van der Waals surface area contributed by atoms with Crippen molar-refractivity contribution in [3.8, 4) is 0 Å². The first-order valence-electron chi connectivity index (χ1n) is 7.41. The summed E-state index contributed by atoms with van der Waals surface area (Å²) < 4.78 is 0.847. The topological polar surface area (TPSA) is 54.9 Å². The third-order valence-electron chi connectivity index (χ3n) is 3.40. The molecule has 1 N–H and O–H groups in total. The maximum atomic E-state index is 12.6. The summed E-state index contributed by atoms with van der Waals surface area (Å²) >= 11 is 3.02. The quantitative estimate of drug-likeness (QED) is 0.803. The number of nitrogens with one attached hydrogen (secondary N) is 1. The number of thioether (sulfide) groups is 1. The molecule has 0 saturated carbocycles. The molecule has 0 aliphatic rings. The average molecular weight is 335 g/mol. The first-order valence-corrected chi connectivity index (χ1v) is 9.10. The monoisotopic (exact) mass is 335 g/mol. The fourth-order valence-corrected chi connectivity index (χ4v) is 4.16. The summed E-state index contributed by atoms with van der Waals surface area (Å²) in [4.78, 5) is 12.6. The Morgan fingerprint density at radius 1 is 1.32 bits per heavy atom. The summed E-state index contributed by atoms with van der Waals surface area (Å²) in [5.74, 6) is 0.0318. The van der Waals surface area contributed by atoms with Gasteiger partial charge in [-0.1, -0.05) is 55.1 Å². The molecular weight excluding hydrogens is 314 g/mol. The molecule has 1 heterocycles. The second-order valence-electron chi connectivity index (χ2n) is 5.05. The van der Waals surface area contributed by atoms with Crippen molar-refractivity contribution in [1.82, 2.24) is 10.2 Å². The highest BCUT2D eigenvalue weighted by Crippen LogP contribution is 2.30. The van der Waals surface area contributed by atoms with Crippen molar-refractivity contribution < 1.29 is 4.79 Å². The van der Waals surface area contributed by atoms with Gasteiger partial charge in [-0.3, -0.25) is 4.79 Å². The van der Waals surface area contributed by atoms with Crippen LogP contribution in [0.25, 0.3) is 0 Å². The minimum absolute atomic E-state index is 0.0318. The van der Waals surface area contributed by atoms with Gasteiger partial charge in [0.1, 0.15) is 5.01 Å². The van der Waals surface area contributed by atoms with E-state index < -0.39 is 0 Å². The highest BCUT2D eigenvalue weighted by molar-refractivity contribution is 8.02. The first-order chi connectivity index (χ1) is 10.5. The Bertz CT molecular complexity index is 655. The van der Waals surface area contributed by atoms with Crippen LogP contribution < -0.4 is 5.32 Å². The van der Waals surface area contributed by atoms with Crippen LogP contribution >= 0.6 is 23.1 Å². The number of carbonyl (C=O) groups is 1. The predicted octanol–water partition coefficient (Wildman–Crippen LogP) is 4.23. The molecule has 2 aromatic rings. The van der Waals surface area contributed by atoms with Gasteiger partial charge in [0, 0.05) is 5.69 Å². The number of anilines is 1. The molecule has 1 aromatic heterocycles. The molecule has 22 heavy (non-hydrogen) atoms. The van der Waals surface area contributed by atoms with Crippen molar-refractivity contribution in [1.29, 1.82) is 0 Å². The lowest BCUT2D eigenvalue weighted by molar-refractivity contribution is -0.115. The average Bonchev–Trinajstić information content (AvgIpc) is 2.92. The van der Waals surface area contributed by atoms with Crippen molar-refractivity contribution >= 4 is 34.7 Å². The van der Waals surface area contributed by atoms with Gasteiger partial charge in [0.15, 0.2) is 4.34 Å². The zero-order valence-corrected chi connectivity index (χ0v) is 15.0. The highest BCUT2D eigenvalue weighted by atomic mass is 32.2. The molecule has 118 valence electrons. The highest BCUT2D eigenvalue weighted by Gasteiger charge is 2.21. The Labute approximate surface area is 139 Å². The lowest BCUT2D eigenvalue weighted by atomic mass is 10.1. The molecule has 0 bridgehead atoms. The fraction of sp³-hybridized carbons (Fsp3) is 0.438. The molecule has 0 fully saturated rings. The Morgan fingerprint density at radius 3 is 2.68 bits per heavy atom. The first kappa shape index (κ1) is 17.0. The normalized spacial score (nSPS) is 12.2. The summed E-state index contributed by atoms with van der Waals surface area (Å²) in [6.07, 6.45) is 1.65. The van der Waals surface area contributed by atoms with Crippen LogP contribution in [0.2, 0.25) is 0 Å². The number of carbonyl (C=O) groups excluding carboxylic acids is 1. The molecule has 4 nitrogen and oxygen atoms in total. The van der Waals surface area contributed by atoms with Crippen LogP contribution in [0.1, 0.15) is 36.4 Å². The van der Waals surface area contributed by atoms with Crippen molar-refractivity contribution in [2.75, 3.05) is 5.32 Å². The molecule has 0 aliphatic heterocycles. The van der Waals surface area contributed by atoms with E-state index in [0.29, 0.717) is 0 Å².